The van der Waals surface area contributed by atoms with Crippen LogP contribution in [0.3, 0.4) is 0 Å². The molecule has 1 saturated heterocycles. The summed E-state index contributed by atoms with van der Waals surface area (Å²) in [4.78, 5) is 30.6. The van der Waals surface area contributed by atoms with E-state index in [9.17, 15) is 14.9 Å². The van der Waals surface area contributed by atoms with E-state index >= 15 is 0 Å². The Labute approximate surface area is 140 Å². The Morgan fingerprint density at radius 1 is 1.35 bits per heavy atom. The summed E-state index contributed by atoms with van der Waals surface area (Å²) in [7, 11) is 0. The molecule has 0 atom stereocenters. The number of hydrogen-bond donors (Lipinski definition) is 0. The first kappa shape index (κ1) is 15.5. The Kier molecular flexibility index (Phi) is 4.28. The van der Waals surface area contributed by atoms with Crippen molar-refractivity contribution in [1.29, 1.82) is 0 Å². The number of hydrogen-bond acceptors (Lipinski definition) is 6. The first-order valence-corrected chi connectivity index (χ1v) is 7.73. The summed E-state index contributed by atoms with van der Waals surface area (Å²) in [6.45, 7) is 1.85. The van der Waals surface area contributed by atoms with E-state index in [-0.39, 0.29) is 11.6 Å². The lowest BCUT2D eigenvalue weighted by Gasteiger charge is -2.34. The number of anilines is 1. The van der Waals surface area contributed by atoms with Crippen molar-refractivity contribution in [3.05, 3.63) is 51.0 Å². The van der Waals surface area contributed by atoms with Gasteiger partial charge in [0.15, 0.2) is 5.76 Å². The molecule has 8 nitrogen and oxygen atoms in total. The summed E-state index contributed by atoms with van der Waals surface area (Å²) in [6.07, 6.45) is 2.99. The third-order valence-electron chi connectivity index (χ3n) is 3.61. The van der Waals surface area contributed by atoms with Crippen LogP contribution in [0.15, 0.2) is 39.5 Å². The van der Waals surface area contributed by atoms with Crippen molar-refractivity contribution in [3.8, 4) is 0 Å². The van der Waals surface area contributed by atoms with E-state index in [1.54, 1.807) is 17.0 Å². The number of amides is 1. The minimum absolute atomic E-state index is 0.0508. The molecule has 0 spiro atoms. The molecule has 23 heavy (non-hydrogen) atoms. The van der Waals surface area contributed by atoms with Gasteiger partial charge in [0.05, 0.1) is 11.2 Å². The van der Waals surface area contributed by atoms with Crippen LogP contribution in [0.1, 0.15) is 10.6 Å². The fourth-order valence-electron chi connectivity index (χ4n) is 2.48. The molecule has 3 rings (SSSR count). The van der Waals surface area contributed by atoms with Gasteiger partial charge in [0, 0.05) is 42.9 Å². The van der Waals surface area contributed by atoms with E-state index < -0.39 is 4.92 Å². The highest BCUT2D eigenvalue weighted by atomic mass is 79.9. The van der Waals surface area contributed by atoms with Crippen LogP contribution in [0.2, 0.25) is 0 Å². The Morgan fingerprint density at radius 3 is 2.70 bits per heavy atom. The molecule has 0 N–H and O–H groups in total. The monoisotopic (exact) mass is 380 g/mol. The number of carbonyl (C=O) groups is 1. The van der Waals surface area contributed by atoms with Gasteiger partial charge in [0.25, 0.3) is 5.91 Å². The summed E-state index contributed by atoms with van der Waals surface area (Å²) in [5, 5.41) is 11.2. The summed E-state index contributed by atoms with van der Waals surface area (Å²) in [5.41, 5.74) is -0.0508. The second-order valence-corrected chi connectivity index (χ2v) is 5.93. The smallest absolute Gasteiger partial charge is 0.312 e. The van der Waals surface area contributed by atoms with Crippen molar-refractivity contribution >= 4 is 33.3 Å². The van der Waals surface area contributed by atoms with Crippen molar-refractivity contribution < 1.29 is 14.1 Å². The van der Waals surface area contributed by atoms with Crippen molar-refractivity contribution in [2.24, 2.45) is 0 Å². The van der Waals surface area contributed by atoms with Crippen molar-refractivity contribution in [1.82, 2.24) is 9.88 Å². The van der Waals surface area contributed by atoms with Gasteiger partial charge >= 0.3 is 5.69 Å². The van der Waals surface area contributed by atoms with Crippen LogP contribution in [-0.2, 0) is 0 Å². The molecule has 0 aromatic carbocycles. The highest BCUT2D eigenvalue weighted by Crippen LogP contribution is 2.29. The normalized spacial score (nSPS) is 14.8. The molecule has 1 aliphatic rings. The van der Waals surface area contributed by atoms with Crippen LogP contribution in [0, 0.1) is 10.1 Å². The third kappa shape index (κ3) is 3.19. The molecule has 120 valence electrons. The predicted octanol–water partition coefficient (Wildman–Crippen LogP) is 2.31. The second-order valence-electron chi connectivity index (χ2n) is 5.01. The molecular weight excluding hydrogens is 368 g/mol. The molecule has 0 saturated carbocycles. The minimum atomic E-state index is -0.451. The molecule has 0 radical (unpaired) electrons. The van der Waals surface area contributed by atoms with E-state index in [4.69, 9.17) is 4.42 Å². The summed E-state index contributed by atoms with van der Waals surface area (Å²) in [5.74, 6) is 0.447. The van der Waals surface area contributed by atoms with Crippen molar-refractivity contribution in [3.63, 3.8) is 0 Å². The van der Waals surface area contributed by atoms with E-state index in [2.05, 4.69) is 20.9 Å². The zero-order valence-corrected chi connectivity index (χ0v) is 13.6. The van der Waals surface area contributed by atoms with Crippen LogP contribution in [0.4, 0.5) is 11.5 Å². The van der Waals surface area contributed by atoms with Crippen LogP contribution in [0.5, 0.6) is 0 Å². The Bertz CT molecular complexity index is 726. The molecule has 3 heterocycles. The Balaban J connectivity index is 1.72. The van der Waals surface area contributed by atoms with Gasteiger partial charge in [-0.1, -0.05) is 0 Å². The quantitative estimate of drug-likeness (QED) is 0.599. The average Bonchev–Trinajstić information content (AvgIpc) is 3.09. The molecule has 0 aliphatic carbocycles. The lowest BCUT2D eigenvalue weighted by molar-refractivity contribution is -0.384. The Hall–Kier alpha value is -2.42. The van der Waals surface area contributed by atoms with Gasteiger partial charge in [-0.15, -0.1) is 0 Å². The molecule has 1 aliphatic heterocycles. The van der Waals surface area contributed by atoms with Crippen LogP contribution < -0.4 is 4.90 Å². The molecule has 2 aromatic heterocycles. The number of furan rings is 1. The maximum atomic E-state index is 12.2. The summed E-state index contributed by atoms with van der Waals surface area (Å²) >= 11 is 3.19. The SMILES string of the molecule is O=C(c1ccco1)N1CCN(c2ncc(Br)cc2[N+](=O)[O-])CC1. The van der Waals surface area contributed by atoms with Crippen LogP contribution in [0.25, 0.3) is 0 Å². The second kappa shape index (κ2) is 6.37. The molecule has 1 fully saturated rings. The van der Waals surface area contributed by atoms with Gasteiger partial charge in [-0.3, -0.25) is 14.9 Å². The number of aromatic nitrogens is 1. The highest BCUT2D eigenvalue weighted by Gasteiger charge is 2.28. The number of nitro groups is 1. The van der Waals surface area contributed by atoms with Gasteiger partial charge in [-0.2, -0.15) is 0 Å². The van der Waals surface area contributed by atoms with E-state index in [0.29, 0.717) is 42.2 Å². The molecule has 1 amide bonds. The van der Waals surface area contributed by atoms with Gasteiger partial charge in [0.2, 0.25) is 5.82 Å². The summed E-state index contributed by atoms with van der Waals surface area (Å²) < 4.78 is 5.67. The molecule has 2 aromatic rings. The lowest BCUT2D eigenvalue weighted by atomic mass is 10.2. The maximum Gasteiger partial charge on any atom is 0.312 e. The molecule has 9 heteroatoms. The van der Waals surface area contributed by atoms with Gasteiger partial charge < -0.3 is 14.2 Å². The largest absolute Gasteiger partial charge is 0.459 e. The maximum absolute atomic E-state index is 12.2. The molecular formula is C14H13BrN4O4. The fraction of sp³-hybridized carbons (Fsp3) is 0.286. The fourth-order valence-corrected chi connectivity index (χ4v) is 2.80. The number of carbonyl (C=O) groups excluding carboxylic acids is 1. The predicted molar refractivity (Wildman–Crippen MR) is 85.4 cm³/mol. The number of halogens is 1. The van der Waals surface area contributed by atoms with Crippen LogP contribution >= 0.6 is 15.9 Å². The van der Waals surface area contributed by atoms with Crippen molar-refractivity contribution in [2.45, 2.75) is 0 Å². The third-order valence-corrected chi connectivity index (χ3v) is 4.04. The zero-order chi connectivity index (χ0) is 16.4. The summed E-state index contributed by atoms with van der Waals surface area (Å²) in [6, 6.07) is 4.72. The lowest BCUT2D eigenvalue weighted by Crippen LogP contribution is -2.49. The van der Waals surface area contributed by atoms with Crippen LogP contribution in [-0.4, -0.2) is 46.9 Å². The number of pyridine rings is 1. The molecule has 0 unspecified atom stereocenters. The van der Waals surface area contributed by atoms with E-state index in [0.717, 1.165) is 0 Å². The van der Waals surface area contributed by atoms with Gasteiger partial charge in [0.1, 0.15) is 0 Å². The van der Waals surface area contributed by atoms with Crippen molar-refractivity contribution in [2.75, 3.05) is 31.1 Å². The minimum Gasteiger partial charge on any atom is -0.459 e. The number of rotatable bonds is 3. The Morgan fingerprint density at radius 2 is 2.09 bits per heavy atom. The van der Waals surface area contributed by atoms with Gasteiger partial charge in [-0.05, 0) is 28.1 Å². The van der Waals surface area contributed by atoms with E-state index in [1.165, 1.54) is 18.5 Å². The zero-order valence-electron chi connectivity index (χ0n) is 12.0. The first-order chi connectivity index (χ1) is 11.1. The molecule has 0 bridgehead atoms. The topological polar surface area (TPSA) is 92.7 Å². The average molecular weight is 381 g/mol. The van der Waals surface area contributed by atoms with E-state index in [1.807, 2.05) is 4.90 Å². The number of piperazine rings is 1. The first-order valence-electron chi connectivity index (χ1n) is 6.94. The van der Waals surface area contributed by atoms with Gasteiger partial charge in [-0.25, -0.2) is 4.98 Å². The highest BCUT2D eigenvalue weighted by molar-refractivity contribution is 9.10. The standard InChI is InChI=1S/C14H13BrN4O4/c15-10-8-11(19(21)22)13(16-9-10)17-3-5-18(6-4-17)14(20)12-2-1-7-23-12/h1-2,7-9H,3-6H2. The number of nitrogens with zero attached hydrogens (tertiary/aromatic N) is 4.